The molecule has 1 N–H and O–H groups in total. The van der Waals surface area contributed by atoms with Crippen LogP contribution < -0.4 is 5.32 Å². The molecule has 1 fully saturated rings. The van der Waals surface area contributed by atoms with E-state index in [1.807, 2.05) is 6.07 Å². The van der Waals surface area contributed by atoms with Crippen LogP contribution in [0.15, 0.2) is 24.3 Å². The summed E-state index contributed by atoms with van der Waals surface area (Å²) in [7, 11) is 1.77. The normalized spacial score (nSPS) is 18.9. The largest absolute Gasteiger partial charge is 0.341 e. The lowest BCUT2D eigenvalue weighted by Gasteiger charge is -2.19. The van der Waals surface area contributed by atoms with E-state index in [-0.39, 0.29) is 11.7 Å². The van der Waals surface area contributed by atoms with Crippen molar-refractivity contribution in [2.75, 3.05) is 13.6 Å². The molecule has 1 aliphatic heterocycles. The fraction of sp³-hybridized carbons (Fsp3) is 0.500. The SMILES string of the molecule is CN(Cc1cccc(F)c1)C(=O)CC1CCCN1. The van der Waals surface area contributed by atoms with E-state index >= 15 is 0 Å². The molecular weight excluding hydrogens is 231 g/mol. The highest BCUT2D eigenvalue weighted by molar-refractivity contribution is 5.76. The Kier molecular flexibility index (Phi) is 4.31. The number of nitrogens with zero attached hydrogens (tertiary/aromatic N) is 1. The molecule has 1 aliphatic rings. The summed E-state index contributed by atoms with van der Waals surface area (Å²) < 4.78 is 13.0. The summed E-state index contributed by atoms with van der Waals surface area (Å²) in [6.45, 7) is 1.47. The van der Waals surface area contributed by atoms with Crippen LogP contribution in [-0.4, -0.2) is 30.4 Å². The maximum Gasteiger partial charge on any atom is 0.224 e. The second kappa shape index (κ2) is 5.96. The van der Waals surface area contributed by atoms with Gasteiger partial charge in [-0.3, -0.25) is 4.79 Å². The average molecular weight is 250 g/mol. The van der Waals surface area contributed by atoms with E-state index in [0.717, 1.165) is 24.9 Å². The molecule has 0 saturated carbocycles. The van der Waals surface area contributed by atoms with E-state index in [9.17, 15) is 9.18 Å². The minimum absolute atomic E-state index is 0.110. The topological polar surface area (TPSA) is 32.3 Å². The highest BCUT2D eigenvalue weighted by Crippen LogP contribution is 2.12. The molecule has 98 valence electrons. The first-order valence-corrected chi connectivity index (χ1v) is 6.37. The number of hydrogen-bond acceptors (Lipinski definition) is 2. The van der Waals surface area contributed by atoms with Crippen LogP contribution in [0.1, 0.15) is 24.8 Å². The quantitative estimate of drug-likeness (QED) is 0.885. The van der Waals surface area contributed by atoms with Crippen LogP contribution in [0, 0.1) is 5.82 Å². The Bertz CT molecular complexity index is 416. The molecule has 1 aromatic carbocycles. The summed E-state index contributed by atoms with van der Waals surface area (Å²) in [5.41, 5.74) is 0.824. The van der Waals surface area contributed by atoms with Crippen LogP contribution in [0.3, 0.4) is 0 Å². The Labute approximate surface area is 107 Å². The molecule has 1 aromatic rings. The van der Waals surface area contributed by atoms with Gasteiger partial charge < -0.3 is 10.2 Å². The van der Waals surface area contributed by atoms with Crippen molar-refractivity contribution in [1.29, 1.82) is 0 Å². The second-order valence-corrected chi connectivity index (χ2v) is 4.88. The zero-order valence-electron chi connectivity index (χ0n) is 10.7. The number of benzene rings is 1. The van der Waals surface area contributed by atoms with E-state index in [0.29, 0.717) is 19.0 Å². The number of carbonyl (C=O) groups excluding carboxylic acids is 1. The molecule has 1 atom stereocenters. The van der Waals surface area contributed by atoms with Gasteiger partial charge >= 0.3 is 0 Å². The van der Waals surface area contributed by atoms with Crippen LogP contribution in [0.2, 0.25) is 0 Å². The van der Waals surface area contributed by atoms with Crippen LogP contribution >= 0.6 is 0 Å². The van der Waals surface area contributed by atoms with E-state index in [1.165, 1.54) is 12.1 Å². The molecule has 1 amide bonds. The van der Waals surface area contributed by atoms with Gasteiger partial charge in [0, 0.05) is 26.1 Å². The van der Waals surface area contributed by atoms with Crippen molar-refractivity contribution in [3.05, 3.63) is 35.6 Å². The van der Waals surface area contributed by atoms with Gasteiger partial charge in [0.15, 0.2) is 0 Å². The molecule has 3 nitrogen and oxygen atoms in total. The highest BCUT2D eigenvalue weighted by Gasteiger charge is 2.19. The minimum Gasteiger partial charge on any atom is -0.341 e. The molecule has 4 heteroatoms. The van der Waals surface area contributed by atoms with Gasteiger partial charge in [-0.25, -0.2) is 4.39 Å². The van der Waals surface area contributed by atoms with Gasteiger partial charge in [0.2, 0.25) is 5.91 Å². The zero-order valence-corrected chi connectivity index (χ0v) is 10.7. The fourth-order valence-electron chi connectivity index (χ4n) is 2.29. The number of nitrogens with one attached hydrogen (secondary N) is 1. The Morgan fingerprint density at radius 2 is 2.39 bits per heavy atom. The Balaban J connectivity index is 1.86. The van der Waals surface area contributed by atoms with Gasteiger partial charge in [-0.05, 0) is 37.1 Å². The number of hydrogen-bond donors (Lipinski definition) is 1. The van der Waals surface area contributed by atoms with E-state index in [2.05, 4.69) is 5.32 Å². The standard InChI is InChI=1S/C14H19FN2O/c1-17(10-11-4-2-5-12(15)8-11)14(18)9-13-6-3-7-16-13/h2,4-5,8,13,16H,3,6-7,9-10H2,1H3. The van der Waals surface area contributed by atoms with Crippen molar-refractivity contribution < 1.29 is 9.18 Å². The average Bonchev–Trinajstić information content (AvgIpc) is 2.81. The highest BCUT2D eigenvalue weighted by atomic mass is 19.1. The molecule has 1 heterocycles. The fourth-order valence-corrected chi connectivity index (χ4v) is 2.29. The Hall–Kier alpha value is -1.42. The van der Waals surface area contributed by atoms with Crippen LogP contribution in [0.5, 0.6) is 0 Å². The van der Waals surface area contributed by atoms with Crippen molar-refractivity contribution >= 4 is 5.91 Å². The van der Waals surface area contributed by atoms with Crippen molar-refractivity contribution in [3.8, 4) is 0 Å². The smallest absolute Gasteiger partial charge is 0.224 e. The monoisotopic (exact) mass is 250 g/mol. The predicted octanol–water partition coefficient (Wildman–Crippen LogP) is 1.93. The number of rotatable bonds is 4. The molecular formula is C14H19FN2O. The third kappa shape index (κ3) is 3.53. The molecule has 0 radical (unpaired) electrons. The molecule has 18 heavy (non-hydrogen) atoms. The predicted molar refractivity (Wildman–Crippen MR) is 68.5 cm³/mol. The number of carbonyl (C=O) groups is 1. The first-order valence-electron chi connectivity index (χ1n) is 6.37. The van der Waals surface area contributed by atoms with E-state index in [1.54, 1.807) is 18.0 Å². The first kappa shape index (κ1) is 13.0. The summed E-state index contributed by atoms with van der Waals surface area (Å²) in [4.78, 5) is 13.6. The first-order chi connectivity index (χ1) is 8.65. The minimum atomic E-state index is -0.259. The van der Waals surface area contributed by atoms with Crippen LogP contribution in [-0.2, 0) is 11.3 Å². The third-order valence-corrected chi connectivity index (χ3v) is 3.32. The van der Waals surface area contributed by atoms with Crippen molar-refractivity contribution in [3.63, 3.8) is 0 Å². The molecule has 0 aromatic heterocycles. The third-order valence-electron chi connectivity index (χ3n) is 3.32. The zero-order chi connectivity index (χ0) is 13.0. The molecule has 0 aliphatic carbocycles. The molecule has 1 unspecified atom stereocenters. The van der Waals surface area contributed by atoms with Crippen LogP contribution in [0.4, 0.5) is 4.39 Å². The maximum atomic E-state index is 13.0. The number of halogens is 1. The van der Waals surface area contributed by atoms with Gasteiger partial charge in [-0.15, -0.1) is 0 Å². The van der Waals surface area contributed by atoms with Gasteiger partial charge in [-0.2, -0.15) is 0 Å². The second-order valence-electron chi connectivity index (χ2n) is 4.88. The lowest BCUT2D eigenvalue weighted by molar-refractivity contribution is -0.130. The molecule has 1 saturated heterocycles. The maximum absolute atomic E-state index is 13.0. The van der Waals surface area contributed by atoms with Gasteiger partial charge in [0.25, 0.3) is 0 Å². The molecule has 0 bridgehead atoms. The summed E-state index contributed by atoms with van der Waals surface area (Å²) in [6, 6.07) is 6.69. The van der Waals surface area contributed by atoms with E-state index < -0.39 is 0 Å². The molecule has 0 spiro atoms. The van der Waals surface area contributed by atoms with Crippen molar-refractivity contribution in [2.45, 2.75) is 31.8 Å². The lowest BCUT2D eigenvalue weighted by Crippen LogP contribution is -2.33. The van der Waals surface area contributed by atoms with Gasteiger partial charge in [0.05, 0.1) is 0 Å². The van der Waals surface area contributed by atoms with Crippen molar-refractivity contribution in [2.24, 2.45) is 0 Å². The summed E-state index contributed by atoms with van der Waals surface area (Å²) in [6.07, 6.45) is 2.75. The van der Waals surface area contributed by atoms with Crippen LogP contribution in [0.25, 0.3) is 0 Å². The van der Waals surface area contributed by atoms with Gasteiger partial charge in [0.1, 0.15) is 5.82 Å². The van der Waals surface area contributed by atoms with E-state index in [4.69, 9.17) is 0 Å². The summed E-state index contributed by atoms with van der Waals surface area (Å²) >= 11 is 0. The Morgan fingerprint density at radius 3 is 3.06 bits per heavy atom. The summed E-state index contributed by atoms with van der Waals surface area (Å²) in [5.74, 6) is -0.149. The molecule has 2 rings (SSSR count). The van der Waals surface area contributed by atoms with Gasteiger partial charge in [-0.1, -0.05) is 12.1 Å². The Morgan fingerprint density at radius 1 is 1.56 bits per heavy atom. The van der Waals surface area contributed by atoms with Crippen molar-refractivity contribution in [1.82, 2.24) is 10.2 Å². The summed E-state index contributed by atoms with van der Waals surface area (Å²) in [5, 5.41) is 3.31. The lowest BCUT2D eigenvalue weighted by atomic mass is 10.1. The number of amides is 1.